The topological polar surface area (TPSA) is 46.0 Å². The molecule has 0 bridgehead atoms. The molecular formula is C4H3FN2O. The molecule has 1 aromatic rings. The van der Waals surface area contributed by atoms with E-state index < -0.39 is 5.95 Å². The molecule has 1 heterocycles. The predicted molar refractivity (Wildman–Crippen MR) is 23.7 cm³/mol. The van der Waals surface area contributed by atoms with Crippen LogP contribution in [0.5, 0.6) is 5.88 Å². The van der Waals surface area contributed by atoms with Gasteiger partial charge in [0.1, 0.15) is 0 Å². The Labute approximate surface area is 44.8 Å². The van der Waals surface area contributed by atoms with Crippen molar-refractivity contribution in [1.29, 1.82) is 0 Å². The lowest BCUT2D eigenvalue weighted by Gasteiger charge is -1.84. The molecule has 0 radical (unpaired) electrons. The molecular weight excluding hydrogens is 111 g/mol. The maximum atomic E-state index is 11.8. The van der Waals surface area contributed by atoms with Crippen LogP contribution in [0, 0.1) is 5.95 Å². The summed E-state index contributed by atoms with van der Waals surface area (Å²) in [6, 6.07) is 0. The van der Waals surface area contributed by atoms with Gasteiger partial charge in [0.15, 0.2) is 0 Å². The second-order valence-electron chi connectivity index (χ2n) is 1.20. The van der Waals surface area contributed by atoms with E-state index in [1.54, 1.807) is 0 Å². The van der Waals surface area contributed by atoms with Gasteiger partial charge < -0.3 is 5.11 Å². The fraction of sp³-hybridized carbons (Fsp3) is 0. The molecule has 0 fully saturated rings. The van der Waals surface area contributed by atoms with E-state index in [1.807, 2.05) is 0 Å². The predicted octanol–water partition coefficient (Wildman–Crippen LogP) is 0.321. The van der Waals surface area contributed by atoms with Gasteiger partial charge in [-0.2, -0.15) is 4.39 Å². The van der Waals surface area contributed by atoms with Crippen molar-refractivity contribution in [3.8, 4) is 5.88 Å². The van der Waals surface area contributed by atoms with Crippen LogP contribution in [0.15, 0.2) is 12.4 Å². The van der Waals surface area contributed by atoms with Crippen LogP contribution >= 0.6 is 0 Å². The first-order valence-electron chi connectivity index (χ1n) is 1.95. The zero-order chi connectivity index (χ0) is 5.98. The molecule has 1 N–H and O–H groups in total. The van der Waals surface area contributed by atoms with Gasteiger partial charge in [0.2, 0.25) is 11.8 Å². The number of hydrogen-bond acceptors (Lipinski definition) is 3. The molecule has 0 aliphatic rings. The number of halogens is 1. The Hall–Kier alpha value is -1.19. The lowest BCUT2D eigenvalue weighted by Crippen LogP contribution is -1.81. The Kier molecular flexibility index (Phi) is 1.07. The van der Waals surface area contributed by atoms with Gasteiger partial charge in [-0.3, -0.25) is 0 Å². The van der Waals surface area contributed by atoms with E-state index in [4.69, 9.17) is 5.11 Å². The maximum Gasteiger partial charge on any atom is 0.231 e. The normalized spacial score (nSPS) is 9.12. The van der Waals surface area contributed by atoms with Gasteiger partial charge in [0, 0.05) is 0 Å². The Bertz CT molecular complexity index is 153. The average molecular weight is 114 g/mol. The van der Waals surface area contributed by atoms with Crippen molar-refractivity contribution in [2.24, 2.45) is 0 Å². The van der Waals surface area contributed by atoms with Gasteiger partial charge in [0.05, 0.1) is 12.4 Å². The van der Waals surface area contributed by atoms with Gasteiger partial charge >= 0.3 is 0 Å². The van der Waals surface area contributed by atoms with Gasteiger partial charge in [-0.05, 0) is 0 Å². The molecule has 1 rings (SSSR count). The zero-order valence-corrected chi connectivity index (χ0v) is 3.87. The Balaban J connectivity index is 3.03. The van der Waals surface area contributed by atoms with Crippen molar-refractivity contribution in [2.75, 3.05) is 0 Å². The van der Waals surface area contributed by atoms with E-state index in [1.165, 1.54) is 0 Å². The maximum absolute atomic E-state index is 11.8. The van der Waals surface area contributed by atoms with Gasteiger partial charge in [0.25, 0.3) is 0 Å². The molecule has 0 spiro atoms. The lowest BCUT2D eigenvalue weighted by atomic mass is 10.7. The van der Waals surface area contributed by atoms with Crippen molar-refractivity contribution in [3.63, 3.8) is 0 Å². The zero-order valence-electron chi connectivity index (χ0n) is 3.87. The molecule has 0 unspecified atom stereocenters. The van der Waals surface area contributed by atoms with E-state index in [2.05, 4.69) is 9.97 Å². The highest BCUT2D eigenvalue weighted by atomic mass is 19.1. The number of nitrogens with zero attached hydrogens (tertiary/aromatic N) is 2. The Morgan fingerprint density at radius 3 is 2.50 bits per heavy atom. The van der Waals surface area contributed by atoms with E-state index in [9.17, 15) is 4.39 Å². The van der Waals surface area contributed by atoms with Crippen LogP contribution in [0.2, 0.25) is 0 Å². The minimum absolute atomic E-state index is 0.272. The molecule has 3 nitrogen and oxygen atoms in total. The molecule has 4 heteroatoms. The third kappa shape index (κ3) is 0.900. The van der Waals surface area contributed by atoms with Crippen LogP contribution in [-0.2, 0) is 0 Å². The summed E-state index contributed by atoms with van der Waals surface area (Å²) in [5.41, 5.74) is 0. The minimum Gasteiger partial charge on any atom is -0.492 e. The first kappa shape index (κ1) is 4.96. The molecule has 42 valence electrons. The van der Waals surface area contributed by atoms with Crippen LogP contribution in [0.4, 0.5) is 4.39 Å². The number of aromatic nitrogens is 2. The second-order valence-corrected chi connectivity index (χ2v) is 1.20. The van der Waals surface area contributed by atoms with Crippen LogP contribution in [0.25, 0.3) is 0 Å². The highest BCUT2D eigenvalue weighted by molar-refractivity contribution is 4.98. The fourth-order valence-electron chi connectivity index (χ4n) is 0.305. The summed E-state index contributed by atoms with van der Waals surface area (Å²) in [4.78, 5) is 6.30. The smallest absolute Gasteiger partial charge is 0.231 e. The molecule has 1 aromatic heterocycles. The summed E-state index contributed by atoms with van der Waals surface area (Å²) in [5, 5.41) is 8.42. The number of aromatic hydroxyl groups is 1. The fourth-order valence-corrected chi connectivity index (χ4v) is 0.305. The summed E-state index contributed by atoms with van der Waals surface area (Å²) < 4.78 is 11.8. The SMILES string of the molecule is Oc1cnc(F)cn1. The van der Waals surface area contributed by atoms with Crippen molar-refractivity contribution in [1.82, 2.24) is 9.97 Å². The van der Waals surface area contributed by atoms with Crippen LogP contribution in [0.1, 0.15) is 0 Å². The second kappa shape index (κ2) is 1.73. The summed E-state index contributed by atoms with van der Waals surface area (Å²) in [6.45, 7) is 0. The quantitative estimate of drug-likeness (QED) is 0.528. The van der Waals surface area contributed by atoms with E-state index >= 15 is 0 Å². The van der Waals surface area contributed by atoms with Gasteiger partial charge in [-0.1, -0.05) is 0 Å². The van der Waals surface area contributed by atoms with Crippen molar-refractivity contribution >= 4 is 0 Å². The number of hydrogen-bond donors (Lipinski definition) is 1. The molecule has 0 atom stereocenters. The van der Waals surface area contributed by atoms with Crippen LogP contribution in [0.3, 0.4) is 0 Å². The summed E-state index contributed by atoms with van der Waals surface area (Å²) in [5.74, 6) is -0.964. The molecule has 0 saturated carbocycles. The number of rotatable bonds is 0. The molecule has 0 aliphatic carbocycles. The van der Waals surface area contributed by atoms with Crippen molar-refractivity contribution < 1.29 is 9.50 Å². The van der Waals surface area contributed by atoms with E-state index in [0.717, 1.165) is 12.4 Å². The van der Waals surface area contributed by atoms with Crippen molar-refractivity contribution in [2.45, 2.75) is 0 Å². The monoisotopic (exact) mass is 114 g/mol. The lowest BCUT2D eigenvalue weighted by molar-refractivity contribution is 0.442. The highest BCUT2D eigenvalue weighted by Gasteiger charge is 1.88. The molecule has 8 heavy (non-hydrogen) atoms. The molecule has 0 amide bonds. The third-order valence-corrected chi connectivity index (χ3v) is 0.607. The van der Waals surface area contributed by atoms with E-state index in [0.29, 0.717) is 0 Å². The first-order valence-corrected chi connectivity index (χ1v) is 1.95. The molecule has 0 aromatic carbocycles. The van der Waals surface area contributed by atoms with Gasteiger partial charge in [-0.25, -0.2) is 9.97 Å². The Morgan fingerprint density at radius 2 is 2.12 bits per heavy atom. The summed E-state index contributed by atoms with van der Waals surface area (Å²) in [6.07, 6.45) is 1.78. The van der Waals surface area contributed by atoms with Gasteiger partial charge in [-0.15, -0.1) is 0 Å². The summed E-state index contributed by atoms with van der Waals surface area (Å²) in [7, 11) is 0. The molecule has 0 aliphatic heterocycles. The van der Waals surface area contributed by atoms with Crippen LogP contribution < -0.4 is 0 Å². The standard InChI is InChI=1S/C4H3FN2O/c5-3-1-7-4(8)2-6-3/h1-2H,(H,7,8). The Morgan fingerprint density at radius 1 is 1.38 bits per heavy atom. The molecule has 0 saturated heterocycles. The van der Waals surface area contributed by atoms with Crippen LogP contribution in [-0.4, -0.2) is 15.1 Å². The average Bonchev–Trinajstić information content (AvgIpc) is 1.77. The largest absolute Gasteiger partial charge is 0.492 e. The third-order valence-electron chi connectivity index (χ3n) is 0.607. The van der Waals surface area contributed by atoms with Crippen molar-refractivity contribution in [3.05, 3.63) is 18.3 Å². The summed E-state index contributed by atoms with van der Waals surface area (Å²) >= 11 is 0. The highest BCUT2D eigenvalue weighted by Crippen LogP contribution is 1.97. The van der Waals surface area contributed by atoms with E-state index in [-0.39, 0.29) is 5.88 Å². The minimum atomic E-state index is -0.692. The first-order chi connectivity index (χ1) is 3.79.